The number of pyridine rings is 1. The van der Waals surface area contributed by atoms with Crippen molar-refractivity contribution in [3.05, 3.63) is 52.7 Å². The molecular weight excluding hydrogens is 390 g/mol. The molecule has 3 aromatic rings. The standard InChI is InChI=1S/C21H23N3O4S/c1-12(14-10-16(26-3)18(28-5)17(11-14)27-4)23-20(25)19-13(2)24-21(29-19)15-8-6-7-9-22-15/h6-12H,1-5H3,(H,23,25)/t12-/m1/s1. The molecule has 1 atom stereocenters. The minimum atomic E-state index is -0.281. The average molecular weight is 413 g/mol. The summed E-state index contributed by atoms with van der Waals surface area (Å²) in [6.45, 7) is 3.72. The second-order valence-electron chi connectivity index (χ2n) is 6.30. The number of hydrogen-bond acceptors (Lipinski definition) is 7. The second-order valence-corrected chi connectivity index (χ2v) is 7.30. The van der Waals surface area contributed by atoms with Gasteiger partial charge in [0.05, 0.1) is 38.8 Å². The van der Waals surface area contributed by atoms with Crippen LogP contribution in [0.25, 0.3) is 10.7 Å². The van der Waals surface area contributed by atoms with E-state index in [1.165, 1.54) is 11.3 Å². The molecule has 0 aliphatic rings. The molecule has 0 saturated heterocycles. The van der Waals surface area contributed by atoms with Gasteiger partial charge in [0.25, 0.3) is 5.91 Å². The van der Waals surface area contributed by atoms with Crippen molar-refractivity contribution in [3.8, 4) is 28.0 Å². The van der Waals surface area contributed by atoms with Crippen LogP contribution < -0.4 is 19.5 Å². The van der Waals surface area contributed by atoms with Crippen LogP contribution in [0.3, 0.4) is 0 Å². The number of nitrogens with zero attached hydrogens (tertiary/aromatic N) is 2. The predicted molar refractivity (Wildman–Crippen MR) is 112 cm³/mol. The van der Waals surface area contributed by atoms with E-state index in [2.05, 4.69) is 15.3 Å². The van der Waals surface area contributed by atoms with Gasteiger partial charge in [-0.1, -0.05) is 6.07 Å². The van der Waals surface area contributed by atoms with Crippen LogP contribution in [0.1, 0.15) is 33.9 Å². The number of rotatable bonds is 7. The van der Waals surface area contributed by atoms with Gasteiger partial charge in [0, 0.05) is 6.20 Å². The Morgan fingerprint density at radius 3 is 2.34 bits per heavy atom. The fraction of sp³-hybridized carbons (Fsp3) is 0.286. The first-order chi connectivity index (χ1) is 14.0. The summed E-state index contributed by atoms with van der Waals surface area (Å²) in [4.78, 5) is 22.2. The molecule has 7 nitrogen and oxygen atoms in total. The fourth-order valence-corrected chi connectivity index (χ4v) is 3.85. The lowest BCUT2D eigenvalue weighted by molar-refractivity contribution is 0.0943. The number of hydrogen-bond donors (Lipinski definition) is 1. The molecule has 0 fully saturated rings. The Balaban J connectivity index is 1.84. The Hall–Kier alpha value is -3.13. The van der Waals surface area contributed by atoms with Crippen LogP contribution >= 0.6 is 11.3 Å². The van der Waals surface area contributed by atoms with Crippen LogP contribution in [0.4, 0.5) is 0 Å². The normalized spacial score (nSPS) is 11.6. The van der Waals surface area contributed by atoms with Gasteiger partial charge >= 0.3 is 0 Å². The number of aromatic nitrogens is 2. The van der Waals surface area contributed by atoms with E-state index in [9.17, 15) is 4.79 Å². The lowest BCUT2D eigenvalue weighted by atomic mass is 10.1. The van der Waals surface area contributed by atoms with Crippen LogP contribution in [0.5, 0.6) is 17.2 Å². The van der Waals surface area contributed by atoms with Gasteiger partial charge in [0.1, 0.15) is 9.88 Å². The van der Waals surface area contributed by atoms with Crippen molar-refractivity contribution < 1.29 is 19.0 Å². The summed E-state index contributed by atoms with van der Waals surface area (Å²) >= 11 is 1.32. The maximum Gasteiger partial charge on any atom is 0.263 e. The number of methoxy groups -OCH3 is 3. The van der Waals surface area contributed by atoms with Crippen LogP contribution in [-0.4, -0.2) is 37.2 Å². The van der Waals surface area contributed by atoms with E-state index in [0.29, 0.717) is 32.8 Å². The molecule has 152 valence electrons. The fourth-order valence-electron chi connectivity index (χ4n) is 2.90. The van der Waals surface area contributed by atoms with Crippen molar-refractivity contribution in [2.24, 2.45) is 0 Å². The number of amides is 1. The van der Waals surface area contributed by atoms with Gasteiger partial charge in [0.15, 0.2) is 11.5 Å². The molecule has 0 aliphatic heterocycles. The van der Waals surface area contributed by atoms with Crippen LogP contribution in [-0.2, 0) is 0 Å². The van der Waals surface area contributed by atoms with Crippen molar-refractivity contribution >= 4 is 17.2 Å². The number of aryl methyl sites for hydroxylation is 1. The molecule has 0 aliphatic carbocycles. The van der Waals surface area contributed by atoms with E-state index < -0.39 is 0 Å². The summed E-state index contributed by atoms with van der Waals surface area (Å²) in [6, 6.07) is 8.98. The highest BCUT2D eigenvalue weighted by atomic mass is 32.1. The van der Waals surface area contributed by atoms with Gasteiger partial charge in [-0.05, 0) is 43.7 Å². The van der Waals surface area contributed by atoms with Gasteiger partial charge in [-0.15, -0.1) is 11.3 Å². The molecule has 0 radical (unpaired) electrons. The summed E-state index contributed by atoms with van der Waals surface area (Å²) in [5, 5.41) is 3.73. The van der Waals surface area contributed by atoms with E-state index in [1.54, 1.807) is 27.5 Å². The first kappa shape index (κ1) is 20.6. The van der Waals surface area contributed by atoms with Crippen molar-refractivity contribution in [2.75, 3.05) is 21.3 Å². The number of ether oxygens (including phenoxy) is 3. The summed E-state index contributed by atoms with van der Waals surface area (Å²) in [6.07, 6.45) is 1.71. The maximum absolute atomic E-state index is 12.9. The molecule has 8 heteroatoms. The van der Waals surface area contributed by atoms with Crippen molar-refractivity contribution in [1.29, 1.82) is 0 Å². The third-order valence-electron chi connectivity index (χ3n) is 4.42. The zero-order chi connectivity index (χ0) is 21.0. The minimum Gasteiger partial charge on any atom is -0.493 e. The predicted octanol–water partition coefficient (Wildman–Crippen LogP) is 4.03. The number of nitrogens with one attached hydrogen (secondary N) is 1. The van der Waals surface area contributed by atoms with Crippen molar-refractivity contribution in [3.63, 3.8) is 0 Å². The number of thiazole rings is 1. The molecule has 2 heterocycles. The molecule has 1 aromatic carbocycles. The smallest absolute Gasteiger partial charge is 0.263 e. The molecule has 0 unspecified atom stereocenters. The lowest BCUT2D eigenvalue weighted by Gasteiger charge is -2.18. The molecule has 1 N–H and O–H groups in total. The van der Waals surface area contributed by atoms with Gasteiger partial charge < -0.3 is 19.5 Å². The Labute approximate surface area is 173 Å². The molecule has 29 heavy (non-hydrogen) atoms. The minimum absolute atomic E-state index is 0.191. The molecule has 2 aromatic heterocycles. The van der Waals surface area contributed by atoms with Gasteiger partial charge in [0.2, 0.25) is 5.75 Å². The molecule has 0 spiro atoms. The van der Waals surface area contributed by atoms with E-state index in [0.717, 1.165) is 11.3 Å². The van der Waals surface area contributed by atoms with E-state index in [-0.39, 0.29) is 11.9 Å². The van der Waals surface area contributed by atoms with Crippen LogP contribution in [0.2, 0.25) is 0 Å². The van der Waals surface area contributed by atoms with E-state index >= 15 is 0 Å². The second kappa shape index (κ2) is 8.91. The highest BCUT2D eigenvalue weighted by Crippen LogP contribution is 2.39. The SMILES string of the molecule is COc1cc([C@@H](C)NC(=O)c2sc(-c3ccccn3)nc2C)cc(OC)c1OC. The third-order valence-corrected chi connectivity index (χ3v) is 5.60. The Morgan fingerprint density at radius 2 is 1.79 bits per heavy atom. The summed E-state index contributed by atoms with van der Waals surface area (Å²) in [7, 11) is 4.67. The van der Waals surface area contributed by atoms with Gasteiger partial charge in [-0.2, -0.15) is 0 Å². The molecule has 1 amide bonds. The zero-order valence-electron chi connectivity index (χ0n) is 17.0. The van der Waals surface area contributed by atoms with Crippen molar-refractivity contribution in [1.82, 2.24) is 15.3 Å². The maximum atomic E-state index is 12.9. The Bertz CT molecular complexity index is 979. The van der Waals surface area contributed by atoms with Gasteiger partial charge in [-0.3, -0.25) is 9.78 Å². The Kier molecular flexibility index (Phi) is 6.33. The molecule has 3 rings (SSSR count). The summed E-state index contributed by atoms with van der Waals surface area (Å²) in [5.41, 5.74) is 2.25. The van der Waals surface area contributed by atoms with Crippen molar-refractivity contribution in [2.45, 2.75) is 19.9 Å². The van der Waals surface area contributed by atoms with E-state index in [4.69, 9.17) is 14.2 Å². The summed E-state index contributed by atoms with van der Waals surface area (Å²) < 4.78 is 16.2. The largest absolute Gasteiger partial charge is 0.493 e. The van der Waals surface area contributed by atoms with E-state index in [1.807, 2.05) is 44.2 Å². The molecule has 0 saturated carbocycles. The highest BCUT2D eigenvalue weighted by Gasteiger charge is 2.21. The molecular formula is C21H23N3O4S. The number of benzene rings is 1. The zero-order valence-corrected chi connectivity index (χ0v) is 17.8. The number of carbonyl (C=O) groups excluding carboxylic acids is 1. The quantitative estimate of drug-likeness (QED) is 0.630. The third kappa shape index (κ3) is 4.32. The summed E-state index contributed by atoms with van der Waals surface area (Å²) in [5.74, 6) is 1.39. The van der Waals surface area contributed by atoms with Gasteiger partial charge in [-0.25, -0.2) is 4.98 Å². The highest BCUT2D eigenvalue weighted by molar-refractivity contribution is 7.17. The van der Waals surface area contributed by atoms with Crippen LogP contribution in [0, 0.1) is 6.92 Å². The topological polar surface area (TPSA) is 82.6 Å². The Morgan fingerprint density at radius 1 is 1.10 bits per heavy atom. The molecule has 0 bridgehead atoms. The van der Waals surface area contributed by atoms with Crippen LogP contribution in [0.15, 0.2) is 36.5 Å². The average Bonchev–Trinajstić information content (AvgIpc) is 3.14. The first-order valence-electron chi connectivity index (χ1n) is 8.98. The lowest BCUT2D eigenvalue weighted by Crippen LogP contribution is -2.26. The first-order valence-corrected chi connectivity index (χ1v) is 9.79. The monoisotopic (exact) mass is 413 g/mol. The number of carbonyl (C=O) groups is 1.